The zero-order valence-electron chi connectivity index (χ0n) is 12.3. The molecule has 0 bridgehead atoms. The van der Waals surface area contributed by atoms with E-state index < -0.39 is 0 Å². The lowest BCUT2D eigenvalue weighted by molar-refractivity contribution is 0.409. The van der Waals surface area contributed by atoms with Gasteiger partial charge in [0, 0.05) is 5.56 Å². The molecule has 0 amide bonds. The van der Waals surface area contributed by atoms with E-state index in [0.717, 1.165) is 11.1 Å². The van der Waals surface area contributed by atoms with Crippen molar-refractivity contribution in [2.24, 2.45) is 0 Å². The SMILES string of the molecule is Cc1ccc(-c2noc(/C(C#N)=C\c3cccc(F)c3)n2)cc1. The number of nitriles is 1. The van der Waals surface area contributed by atoms with Crippen molar-refractivity contribution in [2.45, 2.75) is 6.92 Å². The smallest absolute Gasteiger partial charge is 0.268 e. The molecule has 0 atom stereocenters. The van der Waals surface area contributed by atoms with Crippen LogP contribution in [0.2, 0.25) is 0 Å². The van der Waals surface area contributed by atoms with Crippen LogP contribution in [0.4, 0.5) is 4.39 Å². The van der Waals surface area contributed by atoms with Crippen molar-refractivity contribution < 1.29 is 8.91 Å². The molecule has 2 aromatic carbocycles. The Kier molecular flexibility index (Phi) is 3.98. The van der Waals surface area contributed by atoms with Gasteiger partial charge in [-0.05, 0) is 30.7 Å². The summed E-state index contributed by atoms with van der Waals surface area (Å²) in [4.78, 5) is 4.24. The molecule has 0 unspecified atom stereocenters. The van der Waals surface area contributed by atoms with E-state index in [4.69, 9.17) is 4.52 Å². The topological polar surface area (TPSA) is 62.7 Å². The number of halogens is 1. The summed E-state index contributed by atoms with van der Waals surface area (Å²) in [6.45, 7) is 1.99. The predicted molar refractivity (Wildman–Crippen MR) is 84.4 cm³/mol. The number of rotatable bonds is 3. The normalized spacial score (nSPS) is 11.3. The van der Waals surface area contributed by atoms with Gasteiger partial charge in [0.2, 0.25) is 5.82 Å². The highest BCUT2D eigenvalue weighted by Gasteiger charge is 2.13. The van der Waals surface area contributed by atoms with E-state index in [2.05, 4.69) is 10.1 Å². The molecule has 5 heteroatoms. The number of aromatic nitrogens is 2. The molecule has 3 rings (SSSR count). The minimum atomic E-state index is -0.373. The first-order chi connectivity index (χ1) is 11.2. The second kappa shape index (κ2) is 6.24. The Morgan fingerprint density at radius 3 is 2.70 bits per heavy atom. The summed E-state index contributed by atoms with van der Waals surface area (Å²) in [5.74, 6) is 0.134. The maximum absolute atomic E-state index is 13.2. The van der Waals surface area contributed by atoms with Gasteiger partial charge in [0.25, 0.3) is 5.89 Å². The first kappa shape index (κ1) is 14.7. The molecule has 1 heterocycles. The summed E-state index contributed by atoms with van der Waals surface area (Å²) in [6.07, 6.45) is 1.51. The second-order valence-electron chi connectivity index (χ2n) is 5.01. The lowest BCUT2D eigenvalue weighted by Gasteiger charge is -1.95. The maximum atomic E-state index is 13.2. The quantitative estimate of drug-likeness (QED) is 0.679. The molecule has 0 saturated carbocycles. The summed E-state index contributed by atoms with van der Waals surface area (Å²) < 4.78 is 18.4. The van der Waals surface area contributed by atoms with Crippen LogP contribution in [0.5, 0.6) is 0 Å². The van der Waals surface area contributed by atoms with Gasteiger partial charge in [-0.1, -0.05) is 47.1 Å². The van der Waals surface area contributed by atoms with Crippen LogP contribution in [0.25, 0.3) is 23.0 Å². The first-order valence-corrected chi connectivity index (χ1v) is 6.94. The lowest BCUT2D eigenvalue weighted by Crippen LogP contribution is -1.85. The second-order valence-corrected chi connectivity index (χ2v) is 5.01. The first-order valence-electron chi connectivity index (χ1n) is 6.94. The number of hydrogen-bond donors (Lipinski definition) is 0. The highest BCUT2D eigenvalue weighted by molar-refractivity contribution is 5.86. The predicted octanol–water partition coefficient (Wildman–Crippen LogP) is 4.25. The van der Waals surface area contributed by atoms with E-state index in [9.17, 15) is 9.65 Å². The number of aryl methyl sites for hydroxylation is 1. The molecule has 1 aromatic heterocycles. The fourth-order valence-electron chi connectivity index (χ4n) is 2.06. The Bertz CT molecular complexity index is 905. The third kappa shape index (κ3) is 3.33. The Hall–Kier alpha value is -3.26. The zero-order valence-corrected chi connectivity index (χ0v) is 12.3. The molecule has 0 aliphatic heterocycles. The average Bonchev–Trinajstić information content (AvgIpc) is 3.03. The lowest BCUT2D eigenvalue weighted by atomic mass is 10.1. The molecular formula is C18H12FN3O. The van der Waals surface area contributed by atoms with Crippen molar-refractivity contribution >= 4 is 11.6 Å². The molecule has 0 aliphatic rings. The fraction of sp³-hybridized carbons (Fsp3) is 0.0556. The molecule has 23 heavy (non-hydrogen) atoms. The fourth-order valence-corrected chi connectivity index (χ4v) is 2.06. The Morgan fingerprint density at radius 2 is 2.00 bits per heavy atom. The minimum Gasteiger partial charge on any atom is -0.333 e. The minimum absolute atomic E-state index is 0.104. The van der Waals surface area contributed by atoms with E-state index in [1.165, 1.54) is 18.2 Å². The number of hydrogen-bond acceptors (Lipinski definition) is 4. The molecular weight excluding hydrogens is 293 g/mol. The average molecular weight is 305 g/mol. The van der Waals surface area contributed by atoms with Gasteiger partial charge in [0.1, 0.15) is 17.5 Å². The van der Waals surface area contributed by atoms with Gasteiger partial charge < -0.3 is 4.52 Å². The van der Waals surface area contributed by atoms with Gasteiger partial charge in [0.15, 0.2) is 0 Å². The van der Waals surface area contributed by atoms with E-state index in [0.29, 0.717) is 11.4 Å². The maximum Gasteiger partial charge on any atom is 0.268 e. The van der Waals surface area contributed by atoms with Gasteiger partial charge in [-0.25, -0.2) is 4.39 Å². The zero-order chi connectivity index (χ0) is 16.2. The number of nitrogens with zero attached hydrogens (tertiary/aromatic N) is 3. The van der Waals surface area contributed by atoms with Gasteiger partial charge in [-0.3, -0.25) is 0 Å². The number of benzene rings is 2. The Balaban J connectivity index is 1.94. The van der Waals surface area contributed by atoms with Crippen LogP contribution in [0.3, 0.4) is 0 Å². The largest absolute Gasteiger partial charge is 0.333 e. The molecule has 3 aromatic rings. The van der Waals surface area contributed by atoms with Crippen molar-refractivity contribution in [3.63, 3.8) is 0 Å². The van der Waals surface area contributed by atoms with Crippen LogP contribution in [0.1, 0.15) is 17.0 Å². The molecule has 4 nitrogen and oxygen atoms in total. The van der Waals surface area contributed by atoms with Gasteiger partial charge in [0.05, 0.1) is 0 Å². The van der Waals surface area contributed by atoms with E-state index in [1.807, 2.05) is 37.3 Å². The van der Waals surface area contributed by atoms with E-state index in [-0.39, 0.29) is 17.3 Å². The third-order valence-corrected chi connectivity index (χ3v) is 3.25. The number of allylic oxidation sites excluding steroid dienone is 1. The van der Waals surface area contributed by atoms with Crippen LogP contribution < -0.4 is 0 Å². The van der Waals surface area contributed by atoms with E-state index in [1.54, 1.807) is 12.1 Å². The molecule has 0 N–H and O–H groups in total. The van der Waals surface area contributed by atoms with Crippen LogP contribution in [-0.4, -0.2) is 10.1 Å². The highest BCUT2D eigenvalue weighted by atomic mass is 19.1. The molecule has 0 fully saturated rings. The van der Waals surface area contributed by atoms with E-state index >= 15 is 0 Å². The molecule has 112 valence electrons. The Morgan fingerprint density at radius 1 is 1.22 bits per heavy atom. The van der Waals surface area contributed by atoms with Crippen molar-refractivity contribution in [1.29, 1.82) is 5.26 Å². The van der Waals surface area contributed by atoms with Gasteiger partial charge >= 0.3 is 0 Å². The van der Waals surface area contributed by atoms with Crippen LogP contribution in [0.15, 0.2) is 53.1 Å². The summed E-state index contributed by atoms with van der Waals surface area (Å²) >= 11 is 0. The van der Waals surface area contributed by atoms with Gasteiger partial charge in [-0.2, -0.15) is 10.2 Å². The summed E-state index contributed by atoms with van der Waals surface area (Å²) in [5.41, 5.74) is 2.66. The van der Waals surface area contributed by atoms with Crippen LogP contribution in [0, 0.1) is 24.1 Å². The molecule has 0 saturated heterocycles. The summed E-state index contributed by atoms with van der Waals surface area (Å²) in [6, 6.07) is 15.6. The monoisotopic (exact) mass is 305 g/mol. The molecule has 0 aliphatic carbocycles. The molecule has 0 spiro atoms. The van der Waals surface area contributed by atoms with Gasteiger partial charge in [-0.15, -0.1) is 0 Å². The summed E-state index contributed by atoms with van der Waals surface area (Å²) in [7, 11) is 0. The van der Waals surface area contributed by atoms with Crippen LogP contribution in [-0.2, 0) is 0 Å². The third-order valence-electron chi connectivity index (χ3n) is 3.25. The summed E-state index contributed by atoms with van der Waals surface area (Å²) in [5, 5.41) is 13.2. The van der Waals surface area contributed by atoms with Crippen molar-refractivity contribution in [2.75, 3.05) is 0 Å². The standard InChI is InChI=1S/C18H12FN3O/c1-12-5-7-14(8-6-12)17-21-18(23-22-17)15(11-20)9-13-3-2-4-16(19)10-13/h2-10H,1H3/b15-9-. The van der Waals surface area contributed by atoms with Crippen molar-refractivity contribution in [3.8, 4) is 17.5 Å². The van der Waals surface area contributed by atoms with Crippen molar-refractivity contribution in [3.05, 3.63) is 71.4 Å². The van der Waals surface area contributed by atoms with Crippen LogP contribution >= 0.6 is 0 Å². The van der Waals surface area contributed by atoms with Crippen molar-refractivity contribution in [1.82, 2.24) is 10.1 Å². The highest BCUT2D eigenvalue weighted by Crippen LogP contribution is 2.21. The Labute approximate surface area is 132 Å². The molecule has 0 radical (unpaired) electrons.